The van der Waals surface area contributed by atoms with Crippen LogP contribution in [0.15, 0.2) is 18.2 Å². The smallest absolute Gasteiger partial charge is 0.101 e. The van der Waals surface area contributed by atoms with Gasteiger partial charge >= 0.3 is 0 Å². The van der Waals surface area contributed by atoms with Crippen LogP contribution >= 0.6 is 0 Å². The summed E-state index contributed by atoms with van der Waals surface area (Å²) < 4.78 is 5.65. The third kappa shape index (κ3) is 2.74. The number of hydrogen-bond acceptors (Lipinski definition) is 4. The standard InChI is InChI=1S/C14H19N3O/c1-2-14-10(5-6-18-14)9-17-13-4-3-12(16)7-11(13)8-15/h3-4,7,10,14,17H,2,5-6,9,16H2,1H3. The highest BCUT2D eigenvalue weighted by Crippen LogP contribution is 2.25. The van der Waals surface area contributed by atoms with Crippen molar-refractivity contribution in [2.75, 3.05) is 24.2 Å². The molecule has 4 heteroatoms. The van der Waals surface area contributed by atoms with Gasteiger partial charge in [0.2, 0.25) is 0 Å². The molecule has 2 unspecified atom stereocenters. The summed E-state index contributed by atoms with van der Waals surface area (Å²) >= 11 is 0. The summed E-state index contributed by atoms with van der Waals surface area (Å²) in [5.74, 6) is 0.527. The summed E-state index contributed by atoms with van der Waals surface area (Å²) in [6.45, 7) is 3.84. The molecule has 18 heavy (non-hydrogen) atoms. The van der Waals surface area contributed by atoms with E-state index < -0.39 is 0 Å². The summed E-state index contributed by atoms with van der Waals surface area (Å²) in [5, 5.41) is 12.4. The molecule has 0 bridgehead atoms. The molecular weight excluding hydrogens is 226 g/mol. The van der Waals surface area contributed by atoms with Crippen LogP contribution in [0.3, 0.4) is 0 Å². The molecule has 96 valence electrons. The SMILES string of the molecule is CCC1OCCC1CNc1ccc(N)cc1C#N. The van der Waals surface area contributed by atoms with Gasteiger partial charge in [0.15, 0.2) is 0 Å². The Bertz CT molecular complexity index is 453. The second-order valence-electron chi connectivity index (χ2n) is 4.66. The number of nitrogens with two attached hydrogens (primary N) is 1. The molecule has 2 atom stereocenters. The van der Waals surface area contributed by atoms with Crippen molar-refractivity contribution < 1.29 is 4.74 Å². The third-order valence-corrected chi connectivity index (χ3v) is 3.47. The maximum Gasteiger partial charge on any atom is 0.101 e. The molecule has 1 aliphatic heterocycles. The number of benzene rings is 1. The first kappa shape index (κ1) is 12.7. The molecule has 0 aromatic heterocycles. The molecule has 1 heterocycles. The fourth-order valence-electron chi connectivity index (χ4n) is 2.43. The van der Waals surface area contributed by atoms with Crippen LogP contribution < -0.4 is 11.1 Å². The van der Waals surface area contributed by atoms with Gasteiger partial charge in [-0.3, -0.25) is 0 Å². The zero-order chi connectivity index (χ0) is 13.0. The van der Waals surface area contributed by atoms with Crippen molar-refractivity contribution in [3.63, 3.8) is 0 Å². The van der Waals surface area contributed by atoms with Crippen molar-refractivity contribution in [3.05, 3.63) is 23.8 Å². The summed E-state index contributed by atoms with van der Waals surface area (Å²) in [6.07, 6.45) is 2.47. The topological polar surface area (TPSA) is 71.1 Å². The first-order valence-corrected chi connectivity index (χ1v) is 6.39. The normalized spacial score (nSPS) is 22.7. The zero-order valence-corrected chi connectivity index (χ0v) is 10.6. The Kier molecular flexibility index (Phi) is 4.06. The van der Waals surface area contributed by atoms with Crippen LogP contribution in [0, 0.1) is 17.2 Å². The maximum atomic E-state index is 9.06. The fraction of sp³-hybridized carbons (Fsp3) is 0.500. The summed E-state index contributed by atoms with van der Waals surface area (Å²) in [7, 11) is 0. The lowest BCUT2D eigenvalue weighted by molar-refractivity contribution is 0.0900. The highest BCUT2D eigenvalue weighted by atomic mass is 16.5. The quantitative estimate of drug-likeness (QED) is 0.799. The zero-order valence-electron chi connectivity index (χ0n) is 10.6. The molecule has 0 radical (unpaired) electrons. The van der Waals surface area contributed by atoms with E-state index >= 15 is 0 Å². The van der Waals surface area contributed by atoms with Gasteiger partial charge < -0.3 is 15.8 Å². The Hall–Kier alpha value is -1.73. The van der Waals surface area contributed by atoms with E-state index in [2.05, 4.69) is 18.3 Å². The Balaban J connectivity index is 2.00. The fourth-order valence-corrected chi connectivity index (χ4v) is 2.43. The molecule has 0 aliphatic carbocycles. The van der Waals surface area contributed by atoms with Gasteiger partial charge in [0.05, 0.1) is 17.4 Å². The Labute approximate surface area is 108 Å². The highest BCUT2D eigenvalue weighted by Gasteiger charge is 2.26. The number of nitriles is 1. The van der Waals surface area contributed by atoms with Crippen LogP contribution in [0.4, 0.5) is 11.4 Å². The number of nitrogen functional groups attached to an aromatic ring is 1. The lowest BCUT2D eigenvalue weighted by atomic mass is 9.99. The van der Waals surface area contributed by atoms with Gasteiger partial charge in [-0.1, -0.05) is 6.92 Å². The van der Waals surface area contributed by atoms with Crippen molar-refractivity contribution in [1.82, 2.24) is 0 Å². The van der Waals surface area contributed by atoms with Gasteiger partial charge in [-0.25, -0.2) is 0 Å². The van der Waals surface area contributed by atoms with Crippen LogP contribution in [0.25, 0.3) is 0 Å². The van der Waals surface area contributed by atoms with Gasteiger partial charge in [-0.2, -0.15) is 5.26 Å². The molecule has 0 saturated carbocycles. The number of anilines is 2. The minimum absolute atomic E-state index is 0.344. The van der Waals surface area contributed by atoms with E-state index in [0.717, 1.165) is 31.7 Å². The Morgan fingerprint density at radius 3 is 3.11 bits per heavy atom. The molecule has 0 amide bonds. The van der Waals surface area contributed by atoms with Crippen LogP contribution in [0.2, 0.25) is 0 Å². The molecule has 1 fully saturated rings. The van der Waals surface area contributed by atoms with Gasteiger partial charge in [-0.05, 0) is 31.0 Å². The molecule has 1 aliphatic rings. The van der Waals surface area contributed by atoms with Crippen molar-refractivity contribution in [2.24, 2.45) is 5.92 Å². The Morgan fingerprint density at radius 2 is 2.39 bits per heavy atom. The van der Waals surface area contributed by atoms with E-state index in [1.54, 1.807) is 6.07 Å². The molecule has 1 saturated heterocycles. The van der Waals surface area contributed by atoms with Gasteiger partial charge in [0, 0.05) is 24.8 Å². The van der Waals surface area contributed by atoms with E-state index in [-0.39, 0.29) is 0 Å². The van der Waals surface area contributed by atoms with Gasteiger partial charge in [-0.15, -0.1) is 0 Å². The van der Waals surface area contributed by atoms with E-state index in [1.165, 1.54) is 0 Å². The largest absolute Gasteiger partial charge is 0.399 e. The molecule has 2 rings (SSSR count). The maximum absolute atomic E-state index is 9.06. The number of ether oxygens (including phenoxy) is 1. The van der Waals surface area contributed by atoms with E-state index in [9.17, 15) is 0 Å². The van der Waals surface area contributed by atoms with Crippen LogP contribution in [-0.2, 0) is 4.74 Å². The van der Waals surface area contributed by atoms with Crippen molar-refractivity contribution in [3.8, 4) is 6.07 Å². The number of nitrogens with one attached hydrogen (secondary N) is 1. The average Bonchev–Trinajstić information content (AvgIpc) is 2.84. The molecular formula is C14H19N3O. The van der Waals surface area contributed by atoms with Crippen LogP contribution in [-0.4, -0.2) is 19.3 Å². The first-order valence-electron chi connectivity index (χ1n) is 6.39. The predicted octanol–water partition coefficient (Wildman–Crippen LogP) is 2.37. The monoisotopic (exact) mass is 245 g/mol. The van der Waals surface area contributed by atoms with Crippen LogP contribution in [0.1, 0.15) is 25.3 Å². The minimum Gasteiger partial charge on any atom is -0.399 e. The summed E-state index contributed by atoms with van der Waals surface area (Å²) in [5.41, 5.74) is 7.74. The number of rotatable bonds is 4. The van der Waals surface area contributed by atoms with Crippen molar-refractivity contribution in [1.29, 1.82) is 5.26 Å². The highest BCUT2D eigenvalue weighted by molar-refractivity contribution is 5.62. The lowest BCUT2D eigenvalue weighted by Gasteiger charge is -2.18. The molecule has 1 aromatic carbocycles. The average molecular weight is 245 g/mol. The Morgan fingerprint density at radius 1 is 1.56 bits per heavy atom. The number of hydrogen-bond donors (Lipinski definition) is 2. The first-order chi connectivity index (χ1) is 8.74. The molecule has 0 spiro atoms. The minimum atomic E-state index is 0.344. The van der Waals surface area contributed by atoms with Gasteiger partial charge in [0.25, 0.3) is 0 Å². The van der Waals surface area contributed by atoms with E-state index in [0.29, 0.717) is 23.3 Å². The lowest BCUT2D eigenvalue weighted by Crippen LogP contribution is -2.23. The van der Waals surface area contributed by atoms with Gasteiger partial charge in [0.1, 0.15) is 6.07 Å². The molecule has 4 nitrogen and oxygen atoms in total. The number of nitrogens with zero attached hydrogens (tertiary/aromatic N) is 1. The predicted molar refractivity (Wildman–Crippen MR) is 72.2 cm³/mol. The van der Waals surface area contributed by atoms with Crippen molar-refractivity contribution in [2.45, 2.75) is 25.9 Å². The van der Waals surface area contributed by atoms with E-state index in [1.807, 2.05) is 12.1 Å². The van der Waals surface area contributed by atoms with Crippen LogP contribution in [0.5, 0.6) is 0 Å². The second-order valence-corrected chi connectivity index (χ2v) is 4.66. The second kappa shape index (κ2) is 5.74. The molecule has 1 aromatic rings. The van der Waals surface area contributed by atoms with E-state index in [4.69, 9.17) is 15.7 Å². The summed E-state index contributed by atoms with van der Waals surface area (Å²) in [6, 6.07) is 7.54. The third-order valence-electron chi connectivity index (χ3n) is 3.47. The van der Waals surface area contributed by atoms with Crippen molar-refractivity contribution >= 4 is 11.4 Å². The molecule has 3 N–H and O–H groups in total. The summed E-state index contributed by atoms with van der Waals surface area (Å²) in [4.78, 5) is 0.